The van der Waals surface area contributed by atoms with Crippen LogP contribution in [0.2, 0.25) is 0 Å². The van der Waals surface area contributed by atoms with E-state index in [4.69, 9.17) is 24.0 Å². The van der Waals surface area contributed by atoms with E-state index in [0.717, 1.165) is 5.56 Å². The summed E-state index contributed by atoms with van der Waals surface area (Å²) >= 11 is 0. The van der Waals surface area contributed by atoms with Crippen LogP contribution in [0.25, 0.3) is 10.8 Å². The first-order valence-electron chi connectivity index (χ1n) is 23.2. The van der Waals surface area contributed by atoms with Crippen molar-refractivity contribution in [2.24, 2.45) is 28.8 Å². The number of allylic oxidation sites excluding steroid dienone is 2. The lowest BCUT2D eigenvalue weighted by atomic mass is 9.78. The van der Waals surface area contributed by atoms with Gasteiger partial charge in [0.05, 0.1) is 76.7 Å². The molecule has 5 bridgehead atoms. The van der Waals surface area contributed by atoms with Gasteiger partial charge in [-0.25, -0.2) is 0 Å². The normalized spacial score (nSPS) is 31.1. The molecule has 0 radical (unpaired) electrons. The average Bonchev–Trinajstić information content (AvgIpc) is 3.57. The number of benzene rings is 3. The number of carbonyl (C=O) groups excluding carboxylic acids is 3. The van der Waals surface area contributed by atoms with Crippen LogP contribution in [-0.2, 0) is 30.3 Å². The Balaban J connectivity index is 1.48. The van der Waals surface area contributed by atoms with Gasteiger partial charge in [-0.05, 0) is 51.5 Å². The smallest absolute Gasteiger partial charge is 0.312 e. The van der Waals surface area contributed by atoms with Gasteiger partial charge in [-0.15, -0.1) is 0 Å². The fourth-order valence-electron chi connectivity index (χ4n) is 9.77. The van der Waals surface area contributed by atoms with E-state index < -0.39 is 88.8 Å². The summed E-state index contributed by atoms with van der Waals surface area (Å²) in [5.41, 5.74) is 1.06. The number of methoxy groups -OCH3 is 1. The molecule has 1 amide bonds. The first-order chi connectivity index (χ1) is 32.5. The van der Waals surface area contributed by atoms with Gasteiger partial charge >= 0.3 is 11.8 Å². The minimum atomic E-state index is -2.08. The number of aliphatic hydroxyl groups is 2. The van der Waals surface area contributed by atoms with Crippen molar-refractivity contribution in [2.45, 2.75) is 118 Å². The number of aliphatic hydroxyl groups excluding tert-OH is 2. The number of piperazine rings is 1. The third-order valence-electron chi connectivity index (χ3n) is 13.8. The number of nitrogens with one attached hydrogen (secondary N) is 1. The Bertz CT molecular complexity index is 2630. The van der Waals surface area contributed by atoms with Crippen LogP contribution in [0.3, 0.4) is 0 Å². The third kappa shape index (κ3) is 10.4. The fraction of sp³-hybridized carbons (Fsp3) is 0.481. The highest BCUT2D eigenvalue weighted by Gasteiger charge is 2.50. The molecule has 0 spiro atoms. The zero-order valence-corrected chi connectivity index (χ0v) is 41.1. The number of phenolic OH excluding ortho intramolecular Hbond substituents is 3. The van der Waals surface area contributed by atoms with E-state index >= 15 is 0 Å². The molecule has 17 nitrogen and oxygen atoms in total. The second-order valence-electron chi connectivity index (χ2n) is 18.9. The van der Waals surface area contributed by atoms with Crippen molar-refractivity contribution in [2.75, 3.05) is 25.5 Å². The maximum Gasteiger partial charge on any atom is 0.312 e. The molecule has 4 aliphatic rings. The van der Waals surface area contributed by atoms with Gasteiger partial charge in [0.1, 0.15) is 23.4 Å². The van der Waals surface area contributed by atoms with E-state index in [1.54, 1.807) is 45.9 Å². The van der Waals surface area contributed by atoms with Gasteiger partial charge < -0.3 is 49.8 Å². The molecule has 11 unspecified atom stereocenters. The lowest BCUT2D eigenvalue weighted by Crippen LogP contribution is -2.54. The third-order valence-corrected chi connectivity index (χ3v) is 13.8. The van der Waals surface area contributed by atoms with Crippen LogP contribution in [0.4, 0.5) is 5.69 Å². The van der Waals surface area contributed by atoms with Crippen molar-refractivity contribution in [1.29, 1.82) is 5.26 Å². The predicted molar refractivity (Wildman–Crippen MR) is 259 cm³/mol. The van der Waals surface area contributed by atoms with Gasteiger partial charge in [0, 0.05) is 80.8 Å². The summed E-state index contributed by atoms with van der Waals surface area (Å²) in [5, 5.41) is 77.5. The number of ketones is 1. The second kappa shape index (κ2) is 21.0. The van der Waals surface area contributed by atoms with Crippen molar-refractivity contribution in [3.63, 3.8) is 0 Å². The first-order valence-corrected chi connectivity index (χ1v) is 23.2. The standard InChI is InChI=1S/C52H65N5O12/c1-26-14-12-15-27(2)51(65)55-42-37(22-54-57-28(3)23-56(24-29(57)4)25-36-17-13-16-35(20-36)21-53)46(62)39-40(47(42)63)45(61)33(8)49-41(39)50(64)52(10,69-49)67-19-18-38(66-11)30(5)48(68-34(9)58)32(7)44(60)31(6)43(26)59/h12-20,22,26,28-32,38,43-44,48,59-63H,23-25H2,1-11H3,(H,55,65)/b14-12+,19-18+,27-15-,54-22+. The summed E-state index contributed by atoms with van der Waals surface area (Å²) in [7, 11) is 1.43. The summed E-state index contributed by atoms with van der Waals surface area (Å²) in [6.45, 7) is 18.2. The van der Waals surface area contributed by atoms with E-state index in [0.29, 0.717) is 25.2 Å². The molecule has 11 atom stereocenters. The monoisotopic (exact) mass is 951 g/mol. The molecule has 3 aromatic carbocycles. The summed E-state index contributed by atoms with van der Waals surface area (Å²) in [5.74, 6) is -8.64. The Morgan fingerprint density at radius 1 is 0.971 bits per heavy atom. The molecule has 370 valence electrons. The van der Waals surface area contributed by atoms with Gasteiger partial charge in [-0.3, -0.25) is 24.3 Å². The molecule has 7 rings (SSSR count). The average molecular weight is 952 g/mol. The number of aromatic hydroxyl groups is 3. The van der Waals surface area contributed by atoms with Gasteiger partial charge in [0.15, 0.2) is 5.75 Å². The number of fused-ring (bicyclic) bond motifs is 14. The quantitative estimate of drug-likeness (QED) is 0.0664. The second-order valence-corrected chi connectivity index (χ2v) is 18.9. The molecular formula is C52H65N5O12. The van der Waals surface area contributed by atoms with Crippen molar-refractivity contribution in [3.05, 3.63) is 88.2 Å². The first kappa shape index (κ1) is 51.9. The Kier molecular flexibility index (Phi) is 15.8. The topological polar surface area (TPSA) is 244 Å². The van der Waals surface area contributed by atoms with Crippen LogP contribution in [0.1, 0.15) is 94.9 Å². The number of hydrogen-bond donors (Lipinski definition) is 6. The largest absolute Gasteiger partial charge is 0.507 e. The number of ether oxygens (including phenoxy) is 4. The number of rotatable bonds is 6. The fourth-order valence-corrected chi connectivity index (χ4v) is 9.77. The highest BCUT2D eigenvalue weighted by Crippen LogP contribution is 2.55. The van der Waals surface area contributed by atoms with E-state index in [1.807, 2.05) is 37.1 Å². The van der Waals surface area contributed by atoms with Gasteiger partial charge in [0.2, 0.25) is 0 Å². The molecule has 3 aromatic rings. The number of hydrazone groups is 1. The molecule has 1 fully saturated rings. The summed E-state index contributed by atoms with van der Waals surface area (Å²) < 4.78 is 23.8. The Hall–Kier alpha value is -6.45. The number of carbonyl (C=O) groups is 3. The van der Waals surface area contributed by atoms with E-state index in [-0.39, 0.29) is 56.6 Å². The van der Waals surface area contributed by atoms with Gasteiger partial charge in [0.25, 0.3) is 11.7 Å². The molecule has 6 N–H and O–H groups in total. The Labute approximate surface area is 402 Å². The SMILES string of the molecule is COC1/C=C/OC2(C)Oc3c(C)c(O)c4c(O)c(c(/C=N/N5C(C)CN(Cc6cccc(C#N)c6)CC5C)c(O)c4c3C2=O)NC(=O)/C(C)=C\C=C\C(C)C(O)C(C)C(O)C(C)C(OC(C)=O)C1C. The number of Topliss-reactive ketones (excluding diaryl/α,β-unsaturated/α-hetero) is 1. The van der Waals surface area contributed by atoms with Crippen molar-refractivity contribution >= 4 is 40.3 Å². The van der Waals surface area contributed by atoms with Crippen LogP contribution < -0.4 is 10.1 Å². The van der Waals surface area contributed by atoms with Crippen molar-refractivity contribution in [1.82, 2.24) is 9.91 Å². The van der Waals surface area contributed by atoms with Crippen molar-refractivity contribution in [3.8, 4) is 29.1 Å². The number of nitrogens with zero attached hydrogens (tertiary/aromatic N) is 4. The summed E-state index contributed by atoms with van der Waals surface area (Å²) in [6, 6.07) is 9.26. The van der Waals surface area contributed by atoms with Crippen LogP contribution in [0.5, 0.6) is 23.0 Å². The lowest BCUT2D eigenvalue weighted by molar-refractivity contribution is -0.160. The zero-order chi connectivity index (χ0) is 50.8. The number of nitriles is 1. The maximum atomic E-state index is 14.7. The Morgan fingerprint density at radius 2 is 1.65 bits per heavy atom. The molecule has 4 aliphatic heterocycles. The molecule has 69 heavy (non-hydrogen) atoms. The molecule has 17 heteroatoms. The molecule has 0 aliphatic carbocycles. The number of hydrogen-bond acceptors (Lipinski definition) is 16. The minimum Gasteiger partial charge on any atom is -0.507 e. The van der Waals surface area contributed by atoms with Crippen molar-refractivity contribution < 1.29 is 58.9 Å². The number of esters is 1. The van der Waals surface area contributed by atoms with Gasteiger partial charge in [-0.2, -0.15) is 10.4 Å². The Morgan fingerprint density at radius 3 is 2.29 bits per heavy atom. The minimum absolute atomic E-state index is 0.0350. The van der Waals surface area contributed by atoms with E-state index in [1.165, 1.54) is 59.4 Å². The maximum absolute atomic E-state index is 14.7. The summed E-state index contributed by atoms with van der Waals surface area (Å²) in [6.07, 6.45) is 4.76. The zero-order valence-electron chi connectivity index (χ0n) is 41.1. The van der Waals surface area contributed by atoms with Crippen LogP contribution in [0, 0.1) is 41.9 Å². The number of anilines is 1. The van der Waals surface area contributed by atoms with Crippen LogP contribution in [-0.4, -0.2) is 122 Å². The van der Waals surface area contributed by atoms with Crippen LogP contribution >= 0.6 is 0 Å². The molecule has 0 aromatic heterocycles. The molecule has 1 saturated heterocycles. The number of amides is 1. The lowest BCUT2D eigenvalue weighted by Gasteiger charge is -2.42. The van der Waals surface area contributed by atoms with Gasteiger partial charge in [-0.1, -0.05) is 58.1 Å². The predicted octanol–water partition coefficient (Wildman–Crippen LogP) is 6.55. The highest BCUT2D eigenvalue weighted by atomic mass is 16.7. The van der Waals surface area contributed by atoms with E-state index in [9.17, 15) is 45.2 Å². The summed E-state index contributed by atoms with van der Waals surface area (Å²) in [4.78, 5) is 43.3. The highest BCUT2D eigenvalue weighted by molar-refractivity contribution is 6.23. The van der Waals surface area contributed by atoms with E-state index in [2.05, 4.69) is 16.3 Å². The molecule has 4 heterocycles. The molecule has 0 saturated carbocycles. The molecular weight excluding hydrogens is 887 g/mol. The van der Waals surface area contributed by atoms with Crippen LogP contribution in [0.15, 0.2) is 65.5 Å². The number of phenols is 3.